The molecule has 1 N–H and O–H groups in total. The number of benzene rings is 2. The smallest absolute Gasteiger partial charge is 0.317 e. The first kappa shape index (κ1) is 18.3. The number of amides is 2. The summed E-state index contributed by atoms with van der Waals surface area (Å²) in [7, 11) is 1.75. The van der Waals surface area contributed by atoms with E-state index in [1.165, 1.54) is 17.0 Å². The molecule has 2 aromatic rings. The first-order valence-electron chi connectivity index (χ1n) is 8.02. The molecular formula is C19H23FN2OS. The highest BCUT2D eigenvalue weighted by atomic mass is 32.2. The van der Waals surface area contributed by atoms with Gasteiger partial charge in [0.1, 0.15) is 5.82 Å². The fraction of sp³-hybridized carbons (Fsp3) is 0.316. The highest BCUT2D eigenvalue weighted by Crippen LogP contribution is 2.19. The van der Waals surface area contributed by atoms with Gasteiger partial charge in [0.15, 0.2) is 0 Å². The molecule has 0 aromatic heterocycles. The standard InChI is InChI=1S/C19H23FN2OS/c1-15(16-9-11-17(20)12-10-16)22(2)19(23)21-13-6-14-24-18-7-4-3-5-8-18/h3-5,7-12,15H,6,13-14H2,1-2H3,(H,21,23). The van der Waals surface area contributed by atoms with Gasteiger partial charge in [0.05, 0.1) is 6.04 Å². The van der Waals surface area contributed by atoms with Crippen LogP contribution in [0.1, 0.15) is 24.9 Å². The quantitative estimate of drug-likeness (QED) is 0.582. The molecule has 0 saturated carbocycles. The second-order valence-electron chi connectivity index (χ2n) is 5.59. The zero-order valence-electron chi connectivity index (χ0n) is 14.0. The van der Waals surface area contributed by atoms with E-state index in [2.05, 4.69) is 17.4 Å². The molecular weight excluding hydrogens is 323 g/mol. The Labute approximate surface area is 147 Å². The maximum absolute atomic E-state index is 13.0. The van der Waals surface area contributed by atoms with E-state index >= 15 is 0 Å². The van der Waals surface area contributed by atoms with Crippen molar-refractivity contribution in [1.29, 1.82) is 0 Å². The van der Waals surface area contributed by atoms with Crippen LogP contribution >= 0.6 is 11.8 Å². The minimum atomic E-state index is -0.269. The molecule has 24 heavy (non-hydrogen) atoms. The van der Waals surface area contributed by atoms with Crippen molar-refractivity contribution in [2.75, 3.05) is 19.3 Å². The number of carbonyl (C=O) groups excluding carboxylic acids is 1. The molecule has 0 saturated heterocycles. The van der Waals surface area contributed by atoms with Gasteiger partial charge in [-0.15, -0.1) is 11.8 Å². The molecule has 0 aliphatic rings. The molecule has 2 amide bonds. The van der Waals surface area contributed by atoms with Gasteiger partial charge < -0.3 is 10.2 Å². The Balaban J connectivity index is 1.70. The number of urea groups is 1. The lowest BCUT2D eigenvalue weighted by Gasteiger charge is -2.25. The van der Waals surface area contributed by atoms with Crippen LogP contribution < -0.4 is 5.32 Å². The second-order valence-corrected chi connectivity index (χ2v) is 6.75. The van der Waals surface area contributed by atoms with Gasteiger partial charge in [-0.25, -0.2) is 9.18 Å². The van der Waals surface area contributed by atoms with Crippen LogP contribution in [-0.4, -0.2) is 30.3 Å². The van der Waals surface area contributed by atoms with Crippen LogP contribution in [0.15, 0.2) is 59.5 Å². The van der Waals surface area contributed by atoms with Crippen molar-refractivity contribution in [3.8, 4) is 0 Å². The van der Waals surface area contributed by atoms with E-state index in [1.54, 1.807) is 35.8 Å². The van der Waals surface area contributed by atoms with E-state index in [1.807, 2.05) is 25.1 Å². The molecule has 0 spiro atoms. The lowest BCUT2D eigenvalue weighted by molar-refractivity contribution is 0.194. The number of hydrogen-bond acceptors (Lipinski definition) is 2. The van der Waals surface area contributed by atoms with Gasteiger partial charge in [0.2, 0.25) is 0 Å². The number of thioether (sulfide) groups is 1. The number of halogens is 1. The fourth-order valence-corrected chi connectivity index (χ4v) is 3.11. The predicted molar refractivity (Wildman–Crippen MR) is 97.8 cm³/mol. The van der Waals surface area contributed by atoms with E-state index in [0.29, 0.717) is 6.54 Å². The third-order valence-electron chi connectivity index (χ3n) is 3.86. The van der Waals surface area contributed by atoms with Gasteiger partial charge in [0.25, 0.3) is 0 Å². The molecule has 2 aromatic carbocycles. The summed E-state index contributed by atoms with van der Waals surface area (Å²) in [4.78, 5) is 15.1. The molecule has 128 valence electrons. The predicted octanol–water partition coefficient (Wildman–Crippen LogP) is 4.71. The molecule has 0 aliphatic heterocycles. The van der Waals surface area contributed by atoms with Crippen molar-refractivity contribution < 1.29 is 9.18 Å². The third kappa shape index (κ3) is 5.57. The Morgan fingerprint density at radius 3 is 2.50 bits per heavy atom. The molecule has 0 fully saturated rings. The highest BCUT2D eigenvalue weighted by molar-refractivity contribution is 7.99. The minimum Gasteiger partial charge on any atom is -0.338 e. The van der Waals surface area contributed by atoms with Crippen LogP contribution in [0.3, 0.4) is 0 Å². The second kappa shape index (κ2) is 9.33. The van der Waals surface area contributed by atoms with Crippen molar-refractivity contribution in [3.63, 3.8) is 0 Å². The van der Waals surface area contributed by atoms with E-state index in [-0.39, 0.29) is 17.9 Å². The number of nitrogens with zero attached hydrogens (tertiary/aromatic N) is 1. The number of nitrogens with one attached hydrogen (secondary N) is 1. The van der Waals surface area contributed by atoms with Gasteiger partial charge >= 0.3 is 6.03 Å². The first-order valence-corrected chi connectivity index (χ1v) is 9.00. The average molecular weight is 346 g/mol. The normalized spacial score (nSPS) is 11.8. The molecule has 5 heteroatoms. The summed E-state index contributed by atoms with van der Waals surface area (Å²) in [6.07, 6.45) is 0.907. The summed E-state index contributed by atoms with van der Waals surface area (Å²) in [5, 5.41) is 2.93. The minimum absolute atomic E-state index is 0.107. The van der Waals surface area contributed by atoms with Crippen LogP contribution in [0.5, 0.6) is 0 Å². The Kier molecular flexibility index (Phi) is 7.12. The van der Waals surface area contributed by atoms with Crippen molar-refractivity contribution in [1.82, 2.24) is 10.2 Å². The Morgan fingerprint density at radius 2 is 1.83 bits per heavy atom. The van der Waals surface area contributed by atoms with Gasteiger partial charge in [-0.05, 0) is 48.9 Å². The highest BCUT2D eigenvalue weighted by Gasteiger charge is 2.16. The van der Waals surface area contributed by atoms with Crippen LogP contribution in [0.25, 0.3) is 0 Å². The lowest BCUT2D eigenvalue weighted by atomic mass is 10.1. The summed E-state index contributed by atoms with van der Waals surface area (Å²) in [5.41, 5.74) is 0.911. The Morgan fingerprint density at radius 1 is 1.17 bits per heavy atom. The van der Waals surface area contributed by atoms with Crippen molar-refractivity contribution in [2.45, 2.75) is 24.3 Å². The maximum Gasteiger partial charge on any atom is 0.317 e. The Hall–Kier alpha value is -2.01. The average Bonchev–Trinajstić information content (AvgIpc) is 2.61. The van der Waals surface area contributed by atoms with E-state index in [0.717, 1.165) is 17.7 Å². The molecule has 1 unspecified atom stereocenters. The van der Waals surface area contributed by atoms with Crippen LogP contribution in [-0.2, 0) is 0 Å². The third-order valence-corrected chi connectivity index (χ3v) is 4.96. The number of carbonyl (C=O) groups is 1. The van der Waals surface area contributed by atoms with Crippen molar-refractivity contribution >= 4 is 17.8 Å². The monoisotopic (exact) mass is 346 g/mol. The molecule has 0 radical (unpaired) electrons. The van der Waals surface area contributed by atoms with Gasteiger partial charge in [-0.1, -0.05) is 30.3 Å². The van der Waals surface area contributed by atoms with E-state index in [9.17, 15) is 9.18 Å². The largest absolute Gasteiger partial charge is 0.338 e. The summed E-state index contributed by atoms with van der Waals surface area (Å²) >= 11 is 1.78. The zero-order valence-corrected chi connectivity index (χ0v) is 14.9. The maximum atomic E-state index is 13.0. The number of hydrogen-bond donors (Lipinski definition) is 1. The fourth-order valence-electron chi connectivity index (χ4n) is 2.24. The topological polar surface area (TPSA) is 32.3 Å². The van der Waals surface area contributed by atoms with Crippen LogP contribution in [0.2, 0.25) is 0 Å². The van der Waals surface area contributed by atoms with Crippen molar-refractivity contribution in [2.24, 2.45) is 0 Å². The first-order chi connectivity index (χ1) is 11.6. The van der Waals surface area contributed by atoms with Crippen LogP contribution in [0.4, 0.5) is 9.18 Å². The van der Waals surface area contributed by atoms with Gasteiger partial charge in [-0.2, -0.15) is 0 Å². The number of rotatable bonds is 7. The molecule has 3 nitrogen and oxygen atoms in total. The summed E-state index contributed by atoms with van der Waals surface area (Å²) in [5.74, 6) is 0.690. The lowest BCUT2D eigenvalue weighted by Crippen LogP contribution is -2.39. The van der Waals surface area contributed by atoms with E-state index < -0.39 is 0 Å². The molecule has 0 bridgehead atoms. The molecule has 2 rings (SSSR count). The molecule has 0 aliphatic carbocycles. The Bertz CT molecular complexity index is 634. The van der Waals surface area contributed by atoms with Gasteiger partial charge in [0, 0.05) is 18.5 Å². The summed E-state index contributed by atoms with van der Waals surface area (Å²) in [6.45, 7) is 2.57. The zero-order chi connectivity index (χ0) is 17.4. The van der Waals surface area contributed by atoms with Crippen LogP contribution in [0, 0.1) is 5.82 Å². The van der Waals surface area contributed by atoms with E-state index in [4.69, 9.17) is 0 Å². The molecule has 1 atom stereocenters. The summed E-state index contributed by atoms with van der Waals surface area (Å²) in [6, 6.07) is 16.2. The molecule has 0 heterocycles. The SMILES string of the molecule is CC(c1ccc(F)cc1)N(C)C(=O)NCCCSc1ccccc1. The summed E-state index contributed by atoms with van der Waals surface area (Å²) < 4.78 is 13.0. The van der Waals surface area contributed by atoms with Gasteiger partial charge in [-0.3, -0.25) is 0 Å². The van der Waals surface area contributed by atoms with Crippen molar-refractivity contribution in [3.05, 3.63) is 66.0 Å².